The lowest BCUT2D eigenvalue weighted by Crippen LogP contribution is -2.56. The summed E-state index contributed by atoms with van der Waals surface area (Å²) < 4.78 is 6.22. The second-order valence-electron chi connectivity index (χ2n) is 12.8. The third-order valence-corrected chi connectivity index (χ3v) is 11.2. The lowest BCUT2D eigenvalue weighted by atomic mass is 9.50. The van der Waals surface area contributed by atoms with E-state index in [4.69, 9.17) is 14.5 Å². The number of anilines is 1. The molecule has 0 N–H and O–H groups in total. The molecule has 6 aliphatic rings. The number of hydrogen-bond acceptors (Lipinski definition) is 5. The van der Waals surface area contributed by atoms with E-state index in [0.29, 0.717) is 17.8 Å². The summed E-state index contributed by atoms with van der Waals surface area (Å²) in [6.45, 7) is 6.45. The van der Waals surface area contributed by atoms with E-state index in [2.05, 4.69) is 42.2 Å². The summed E-state index contributed by atoms with van der Waals surface area (Å²) in [5.41, 5.74) is 6.55. The van der Waals surface area contributed by atoms with E-state index in [1.54, 1.807) is 25.2 Å². The number of fused-ring (bicyclic) bond motifs is 4. The maximum absolute atomic E-state index is 13.2. The number of carbonyl (C=O) groups excluding carboxylic acids is 1. The molecule has 198 valence electrons. The Morgan fingerprint density at radius 1 is 1.03 bits per heavy atom. The normalized spacial score (nSPS) is 38.1. The van der Waals surface area contributed by atoms with Gasteiger partial charge in [0.15, 0.2) is 5.78 Å². The molecule has 0 amide bonds. The smallest absolute Gasteiger partial charge is 0.253 e. The number of ether oxygens (including phenoxy) is 1. The van der Waals surface area contributed by atoms with Gasteiger partial charge < -0.3 is 9.64 Å². The Kier molecular flexibility index (Phi) is 5.56. The van der Waals surface area contributed by atoms with Crippen LogP contribution in [-0.4, -0.2) is 37.4 Å². The number of rotatable bonds is 4. The second kappa shape index (κ2) is 8.53. The summed E-state index contributed by atoms with van der Waals surface area (Å²) in [6.07, 6.45) is 13.2. The minimum atomic E-state index is -0.678. The molecule has 2 saturated carbocycles. The first-order valence-corrected chi connectivity index (χ1v) is 14.6. The molecule has 0 aromatic heterocycles. The van der Waals surface area contributed by atoms with E-state index in [9.17, 15) is 4.79 Å². The third kappa shape index (κ3) is 3.49. The van der Waals surface area contributed by atoms with Crippen LogP contribution < -0.4 is 4.90 Å². The van der Waals surface area contributed by atoms with Crippen molar-refractivity contribution in [3.63, 3.8) is 0 Å². The molecule has 5 nitrogen and oxygen atoms in total. The maximum Gasteiger partial charge on any atom is 0.253 e. The second-order valence-corrected chi connectivity index (χ2v) is 12.8. The monoisotopic (exact) mass is 503 g/mol. The highest BCUT2D eigenvalue weighted by Crippen LogP contribution is 2.68. The van der Waals surface area contributed by atoms with Crippen LogP contribution in [0.25, 0.3) is 0 Å². The molecular formula is C32H41NO4. The summed E-state index contributed by atoms with van der Waals surface area (Å²) in [6, 6.07) is 9.46. The number of hydrogen-bond donors (Lipinski definition) is 0. The van der Waals surface area contributed by atoms with Gasteiger partial charge in [-0.15, -0.1) is 0 Å². The number of ketones is 1. The van der Waals surface area contributed by atoms with E-state index < -0.39 is 11.4 Å². The SMILES string of the molecule is CO[C@]1(C(C)=O)CC[C@H]2[C@@H]3CCC4=CC5(CCC4=C3[C@@H](c3ccc(N4CCCCC4)cc3)C[C@@]21C)OO5. The lowest BCUT2D eigenvalue weighted by molar-refractivity contribution is -0.160. The van der Waals surface area contributed by atoms with E-state index in [-0.39, 0.29) is 11.2 Å². The summed E-state index contributed by atoms with van der Waals surface area (Å²) in [4.78, 5) is 26.5. The molecule has 0 bridgehead atoms. The molecule has 1 spiro atoms. The van der Waals surface area contributed by atoms with Crippen LogP contribution in [0.3, 0.4) is 0 Å². The molecule has 1 aromatic carbocycles. The van der Waals surface area contributed by atoms with E-state index in [1.807, 2.05) is 0 Å². The van der Waals surface area contributed by atoms with Crippen molar-refractivity contribution < 1.29 is 19.3 Å². The average molecular weight is 504 g/mol. The molecule has 2 saturated heterocycles. The van der Waals surface area contributed by atoms with Crippen LogP contribution in [0.4, 0.5) is 5.69 Å². The van der Waals surface area contributed by atoms with Crippen molar-refractivity contribution in [2.45, 2.75) is 95.4 Å². The number of Topliss-reactive ketones (excluding diaryl/α,β-unsaturated/α-hetero) is 1. The number of nitrogens with zero attached hydrogens (tertiary/aromatic N) is 1. The van der Waals surface area contributed by atoms with Crippen LogP contribution in [0.5, 0.6) is 0 Å². The standard InChI is InChI=1S/C32H41NO4/c1-21(34)32(35-3)16-14-28-26-12-9-23-19-31(36-37-31)15-13-25(23)29(26)27(20-30(28,32)2)22-7-10-24(11-8-22)33-17-5-4-6-18-33/h7-8,10-11,19,26-28H,4-6,9,12-18,20H2,1-3H3/t26-,27+,28-,30-,32-/m0/s1. The molecule has 0 radical (unpaired) electrons. The van der Waals surface area contributed by atoms with E-state index in [1.165, 1.54) is 36.1 Å². The molecule has 5 atom stereocenters. The van der Waals surface area contributed by atoms with Crippen LogP contribution in [0.15, 0.2) is 47.1 Å². The summed E-state index contributed by atoms with van der Waals surface area (Å²) >= 11 is 0. The Balaban J connectivity index is 1.33. The first-order chi connectivity index (χ1) is 17.9. The van der Waals surface area contributed by atoms with Crippen LogP contribution >= 0.6 is 0 Å². The van der Waals surface area contributed by atoms with Crippen molar-refractivity contribution in [1.29, 1.82) is 0 Å². The van der Waals surface area contributed by atoms with Gasteiger partial charge in [0.2, 0.25) is 0 Å². The topological polar surface area (TPSA) is 54.6 Å². The first kappa shape index (κ1) is 24.1. The highest BCUT2D eigenvalue weighted by Gasteiger charge is 2.66. The summed E-state index contributed by atoms with van der Waals surface area (Å²) in [5, 5.41) is 0. The highest BCUT2D eigenvalue weighted by molar-refractivity contribution is 5.86. The molecule has 37 heavy (non-hydrogen) atoms. The molecule has 2 aliphatic heterocycles. The number of methoxy groups -OCH3 is 1. The quantitative estimate of drug-likeness (QED) is 0.341. The van der Waals surface area contributed by atoms with Crippen molar-refractivity contribution in [2.24, 2.45) is 17.3 Å². The Labute approximate surface area is 221 Å². The zero-order valence-corrected chi connectivity index (χ0v) is 22.7. The fourth-order valence-electron chi connectivity index (χ4n) is 9.38. The maximum atomic E-state index is 13.2. The van der Waals surface area contributed by atoms with Gasteiger partial charge in [-0.05, 0) is 111 Å². The zero-order valence-electron chi connectivity index (χ0n) is 22.7. The fraction of sp³-hybridized carbons (Fsp3) is 0.656. The van der Waals surface area contributed by atoms with Crippen LogP contribution in [0, 0.1) is 17.3 Å². The molecule has 4 fully saturated rings. The minimum absolute atomic E-state index is 0.168. The van der Waals surface area contributed by atoms with Gasteiger partial charge in [0.25, 0.3) is 5.79 Å². The molecular weight excluding hydrogens is 462 g/mol. The van der Waals surface area contributed by atoms with Gasteiger partial charge in [-0.3, -0.25) is 4.79 Å². The summed E-state index contributed by atoms with van der Waals surface area (Å²) in [7, 11) is 1.77. The fourth-order valence-corrected chi connectivity index (χ4v) is 9.38. The van der Waals surface area contributed by atoms with Crippen molar-refractivity contribution >= 4 is 11.5 Å². The van der Waals surface area contributed by atoms with Gasteiger partial charge in [-0.25, -0.2) is 0 Å². The molecule has 7 rings (SSSR count). The predicted octanol–water partition coefficient (Wildman–Crippen LogP) is 6.64. The molecule has 4 aliphatic carbocycles. The average Bonchev–Trinajstić information content (AvgIpc) is 3.59. The van der Waals surface area contributed by atoms with Crippen molar-refractivity contribution in [3.05, 3.63) is 52.6 Å². The van der Waals surface area contributed by atoms with Crippen LogP contribution in [0.2, 0.25) is 0 Å². The molecule has 2 heterocycles. The molecule has 1 aromatic rings. The van der Waals surface area contributed by atoms with Gasteiger partial charge in [-0.2, -0.15) is 9.78 Å². The van der Waals surface area contributed by atoms with E-state index in [0.717, 1.165) is 58.0 Å². The van der Waals surface area contributed by atoms with Crippen molar-refractivity contribution in [3.8, 4) is 0 Å². The van der Waals surface area contributed by atoms with Crippen molar-refractivity contribution in [2.75, 3.05) is 25.1 Å². The van der Waals surface area contributed by atoms with Crippen molar-refractivity contribution in [1.82, 2.24) is 0 Å². The number of piperidine rings is 1. The number of allylic oxidation sites excluding steroid dienone is 3. The zero-order chi connectivity index (χ0) is 25.4. The van der Waals surface area contributed by atoms with Gasteiger partial charge in [0.1, 0.15) is 5.60 Å². The summed E-state index contributed by atoms with van der Waals surface area (Å²) in [5.74, 6) is 1.04. The predicted molar refractivity (Wildman–Crippen MR) is 143 cm³/mol. The van der Waals surface area contributed by atoms with Gasteiger partial charge >= 0.3 is 0 Å². The van der Waals surface area contributed by atoms with Gasteiger partial charge in [-0.1, -0.05) is 24.6 Å². The number of benzene rings is 1. The lowest BCUT2D eigenvalue weighted by Gasteiger charge is -2.55. The largest absolute Gasteiger partial charge is 0.372 e. The Morgan fingerprint density at radius 3 is 2.46 bits per heavy atom. The molecule has 5 heteroatoms. The molecule has 0 unspecified atom stereocenters. The third-order valence-electron chi connectivity index (χ3n) is 11.2. The minimum Gasteiger partial charge on any atom is -0.372 e. The van der Waals surface area contributed by atoms with Gasteiger partial charge in [0.05, 0.1) is 0 Å². The van der Waals surface area contributed by atoms with Crippen LogP contribution in [-0.2, 0) is 19.3 Å². The Morgan fingerprint density at radius 2 is 1.78 bits per heavy atom. The highest BCUT2D eigenvalue weighted by atomic mass is 17.4. The Hall–Kier alpha value is -1.95. The van der Waals surface area contributed by atoms with Gasteiger partial charge in [0, 0.05) is 43.6 Å². The first-order valence-electron chi connectivity index (χ1n) is 14.6. The number of carbonyl (C=O) groups is 1. The van der Waals surface area contributed by atoms with E-state index >= 15 is 0 Å². The van der Waals surface area contributed by atoms with Crippen LogP contribution in [0.1, 0.15) is 89.5 Å². The Bertz CT molecular complexity index is 1160.